The molecule has 1 unspecified atom stereocenters. The first-order chi connectivity index (χ1) is 6.77. The third kappa shape index (κ3) is 3.13. The van der Waals surface area contributed by atoms with Gasteiger partial charge in [-0.05, 0) is 30.4 Å². The quantitative estimate of drug-likeness (QED) is 0.753. The normalized spacial score (nSPS) is 12.8. The van der Waals surface area contributed by atoms with E-state index in [-0.39, 0.29) is 6.61 Å². The number of benzene rings is 1. The molecule has 1 aromatic rings. The highest BCUT2D eigenvalue weighted by atomic mass is 16.3. The van der Waals surface area contributed by atoms with Crippen LogP contribution in [0.4, 0.5) is 0 Å². The molecule has 0 heterocycles. The fourth-order valence-corrected chi connectivity index (χ4v) is 1.43. The Morgan fingerprint density at radius 3 is 2.36 bits per heavy atom. The molecule has 1 rings (SSSR count). The maximum absolute atomic E-state index is 9.70. The van der Waals surface area contributed by atoms with Crippen molar-refractivity contribution in [3.05, 3.63) is 35.4 Å². The summed E-state index contributed by atoms with van der Waals surface area (Å²) in [5.74, 6) is 0. The van der Waals surface area contributed by atoms with Crippen molar-refractivity contribution in [3.8, 4) is 0 Å². The van der Waals surface area contributed by atoms with Crippen LogP contribution < -0.4 is 0 Å². The molecule has 0 saturated carbocycles. The van der Waals surface area contributed by atoms with E-state index in [2.05, 4.69) is 6.92 Å². The second kappa shape index (κ2) is 5.78. The average molecular weight is 194 g/mol. The van der Waals surface area contributed by atoms with E-state index in [0.29, 0.717) is 12.8 Å². The molecule has 0 aromatic heterocycles. The Balaban J connectivity index is 2.57. The van der Waals surface area contributed by atoms with Gasteiger partial charge in [-0.15, -0.1) is 0 Å². The van der Waals surface area contributed by atoms with Crippen LogP contribution in [0.2, 0.25) is 0 Å². The summed E-state index contributed by atoms with van der Waals surface area (Å²) in [5, 5.41) is 18.3. The molecule has 0 spiro atoms. The van der Waals surface area contributed by atoms with Crippen molar-refractivity contribution in [1.29, 1.82) is 0 Å². The van der Waals surface area contributed by atoms with Crippen LogP contribution in [0.15, 0.2) is 24.3 Å². The summed E-state index contributed by atoms with van der Waals surface area (Å²) in [7, 11) is 0. The Morgan fingerprint density at radius 2 is 1.86 bits per heavy atom. The van der Waals surface area contributed by atoms with Crippen LogP contribution in [0, 0.1) is 0 Å². The van der Waals surface area contributed by atoms with Crippen LogP contribution in [-0.2, 0) is 6.42 Å². The number of hydrogen-bond donors (Lipinski definition) is 2. The largest absolute Gasteiger partial charge is 0.396 e. The molecule has 2 nitrogen and oxygen atoms in total. The number of aliphatic hydroxyl groups excluding tert-OH is 2. The molecule has 0 fully saturated rings. The fourth-order valence-electron chi connectivity index (χ4n) is 1.43. The molecule has 1 atom stereocenters. The van der Waals surface area contributed by atoms with Gasteiger partial charge >= 0.3 is 0 Å². The lowest BCUT2D eigenvalue weighted by Crippen LogP contribution is -1.98. The molecule has 0 radical (unpaired) electrons. The SMILES string of the molecule is CCc1ccc(C(O)CCCO)cc1. The summed E-state index contributed by atoms with van der Waals surface area (Å²) in [4.78, 5) is 0. The molecular weight excluding hydrogens is 176 g/mol. The molecule has 0 saturated heterocycles. The zero-order valence-corrected chi connectivity index (χ0v) is 8.61. The Morgan fingerprint density at radius 1 is 1.21 bits per heavy atom. The van der Waals surface area contributed by atoms with Crippen molar-refractivity contribution >= 4 is 0 Å². The lowest BCUT2D eigenvalue weighted by molar-refractivity contribution is 0.152. The van der Waals surface area contributed by atoms with E-state index in [1.807, 2.05) is 24.3 Å². The lowest BCUT2D eigenvalue weighted by atomic mass is 10.0. The smallest absolute Gasteiger partial charge is 0.0790 e. The minimum Gasteiger partial charge on any atom is -0.396 e. The minimum atomic E-state index is -0.437. The fraction of sp³-hybridized carbons (Fsp3) is 0.500. The van der Waals surface area contributed by atoms with Gasteiger partial charge in [0.05, 0.1) is 6.10 Å². The van der Waals surface area contributed by atoms with Gasteiger partial charge in [-0.25, -0.2) is 0 Å². The maximum atomic E-state index is 9.70. The van der Waals surface area contributed by atoms with E-state index >= 15 is 0 Å². The van der Waals surface area contributed by atoms with Crippen LogP contribution in [-0.4, -0.2) is 16.8 Å². The number of hydrogen-bond acceptors (Lipinski definition) is 2. The van der Waals surface area contributed by atoms with Gasteiger partial charge in [0.1, 0.15) is 0 Å². The van der Waals surface area contributed by atoms with E-state index in [9.17, 15) is 5.11 Å². The first kappa shape index (κ1) is 11.2. The molecule has 0 bridgehead atoms. The average Bonchev–Trinajstić information content (AvgIpc) is 2.26. The maximum Gasteiger partial charge on any atom is 0.0790 e. The second-order valence-corrected chi connectivity index (χ2v) is 3.48. The van der Waals surface area contributed by atoms with Gasteiger partial charge < -0.3 is 10.2 Å². The summed E-state index contributed by atoms with van der Waals surface area (Å²) < 4.78 is 0. The first-order valence-electron chi connectivity index (χ1n) is 5.15. The highest BCUT2D eigenvalue weighted by Crippen LogP contribution is 2.18. The molecule has 2 heteroatoms. The number of aryl methyl sites for hydroxylation is 1. The van der Waals surface area contributed by atoms with Gasteiger partial charge in [-0.3, -0.25) is 0 Å². The first-order valence-corrected chi connectivity index (χ1v) is 5.15. The van der Waals surface area contributed by atoms with E-state index in [4.69, 9.17) is 5.11 Å². The third-order valence-corrected chi connectivity index (χ3v) is 2.41. The molecular formula is C12H18O2. The van der Waals surface area contributed by atoms with Crippen molar-refractivity contribution in [2.24, 2.45) is 0 Å². The number of aliphatic hydroxyl groups is 2. The predicted molar refractivity (Wildman–Crippen MR) is 57.1 cm³/mol. The van der Waals surface area contributed by atoms with Crippen molar-refractivity contribution in [2.75, 3.05) is 6.61 Å². The molecule has 2 N–H and O–H groups in total. The Hall–Kier alpha value is -0.860. The standard InChI is InChI=1S/C12H18O2/c1-2-10-5-7-11(8-6-10)12(14)4-3-9-13/h5-8,12-14H,2-4,9H2,1H3. The van der Waals surface area contributed by atoms with Gasteiger partial charge in [0.15, 0.2) is 0 Å². The van der Waals surface area contributed by atoms with E-state index < -0.39 is 6.10 Å². The lowest BCUT2D eigenvalue weighted by Gasteiger charge is -2.10. The van der Waals surface area contributed by atoms with Crippen LogP contribution in [0.1, 0.15) is 37.0 Å². The van der Waals surface area contributed by atoms with Crippen LogP contribution >= 0.6 is 0 Å². The predicted octanol–water partition coefficient (Wildman–Crippen LogP) is 2.05. The molecule has 0 aliphatic carbocycles. The van der Waals surface area contributed by atoms with Crippen molar-refractivity contribution < 1.29 is 10.2 Å². The second-order valence-electron chi connectivity index (χ2n) is 3.48. The summed E-state index contributed by atoms with van der Waals surface area (Å²) in [6, 6.07) is 8.00. The summed E-state index contributed by atoms with van der Waals surface area (Å²) in [5.41, 5.74) is 2.22. The zero-order valence-electron chi connectivity index (χ0n) is 8.61. The van der Waals surface area contributed by atoms with Crippen molar-refractivity contribution in [2.45, 2.75) is 32.3 Å². The van der Waals surface area contributed by atoms with Gasteiger partial charge in [0.2, 0.25) is 0 Å². The van der Waals surface area contributed by atoms with Gasteiger partial charge in [0.25, 0.3) is 0 Å². The Labute approximate surface area is 85.2 Å². The van der Waals surface area contributed by atoms with Crippen LogP contribution in [0.3, 0.4) is 0 Å². The topological polar surface area (TPSA) is 40.5 Å². The highest BCUT2D eigenvalue weighted by molar-refractivity contribution is 5.23. The van der Waals surface area contributed by atoms with Crippen molar-refractivity contribution in [1.82, 2.24) is 0 Å². The van der Waals surface area contributed by atoms with Crippen molar-refractivity contribution in [3.63, 3.8) is 0 Å². The van der Waals surface area contributed by atoms with E-state index in [1.165, 1.54) is 5.56 Å². The monoisotopic (exact) mass is 194 g/mol. The zero-order chi connectivity index (χ0) is 10.4. The van der Waals surface area contributed by atoms with E-state index in [1.54, 1.807) is 0 Å². The Bertz CT molecular complexity index is 254. The van der Waals surface area contributed by atoms with Crippen LogP contribution in [0.25, 0.3) is 0 Å². The molecule has 1 aromatic carbocycles. The minimum absolute atomic E-state index is 0.143. The summed E-state index contributed by atoms with van der Waals surface area (Å²) >= 11 is 0. The van der Waals surface area contributed by atoms with Gasteiger partial charge in [0, 0.05) is 6.61 Å². The Kier molecular flexibility index (Phi) is 4.63. The number of rotatable bonds is 5. The van der Waals surface area contributed by atoms with Gasteiger partial charge in [-0.2, -0.15) is 0 Å². The van der Waals surface area contributed by atoms with Crippen LogP contribution in [0.5, 0.6) is 0 Å². The highest BCUT2D eigenvalue weighted by Gasteiger charge is 2.05. The molecule has 0 aliphatic rings. The molecule has 0 aliphatic heterocycles. The third-order valence-electron chi connectivity index (χ3n) is 2.41. The summed E-state index contributed by atoms with van der Waals surface area (Å²) in [6.45, 7) is 2.25. The molecule has 0 amide bonds. The van der Waals surface area contributed by atoms with E-state index in [0.717, 1.165) is 12.0 Å². The van der Waals surface area contributed by atoms with Gasteiger partial charge in [-0.1, -0.05) is 31.2 Å². The molecule has 14 heavy (non-hydrogen) atoms. The molecule has 78 valence electrons. The summed E-state index contributed by atoms with van der Waals surface area (Å²) in [6.07, 6.45) is 1.86.